The minimum absolute atomic E-state index is 0.0773. The van der Waals surface area contributed by atoms with Gasteiger partial charge in [0.2, 0.25) is 0 Å². The van der Waals surface area contributed by atoms with Gasteiger partial charge in [0, 0.05) is 29.1 Å². The highest BCUT2D eigenvalue weighted by Crippen LogP contribution is 2.12. The molecule has 1 atom stereocenters. The van der Waals surface area contributed by atoms with Crippen molar-refractivity contribution in [3.05, 3.63) is 39.9 Å². The number of hydrogen-bond acceptors (Lipinski definition) is 3. The number of halogens is 1. The Labute approximate surface area is 107 Å². The van der Waals surface area contributed by atoms with Crippen molar-refractivity contribution in [2.75, 3.05) is 6.54 Å². The maximum Gasteiger partial charge on any atom is 0.270 e. The smallest absolute Gasteiger partial charge is 0.270 e. The van der Waals surface area contributed by atoms with Gasteiger partial charge in [-0.05, 0) is 12.5 Å². The van der Waals surface area contributed by atoms with Gasteiger partial charge in [-0.1, -0.05) is 28.9 Å². The number of non-ortho nitro benzene ring substituents is 1. The Balaban J connectivity index is 2.63. The summed E-state index contributed by atoms with van der Waals surface area (Å²) in [6.45, 7) is 2.52. The molecule has 0 aromatic heterocycles. The van der Waals surface area contributed by atoms with E-state index in [1.807, 2.05) is 6.92 Å². The fourth-order valence-electron chi connectivity index (χ4n) is 1.25. The van der Waals surface area contributed by atoms with Crippen LogP contribution in [0.25, 0.3) is 0 Å². The lowest BCUT2D eigenvalue weighted by Crippen LogP contribution is -2.25. The van der Waals surface area contributed by atoms with Crippen LogP contribution in [0.1, 0.15) is 23.7 Å². The maximum absolute atomic E-state index is 11.7. The monoisotopic (exact) mass is 300 g/mol. The second-order valence-corrected chi connectivity index (χ2v) is 5.20. The molecule has 1 rings (SSSR count). The molecule has 5 nitrogen and oxygen atoms in total. The third kappa shape index (κ3) is 4.52. The van der Waals surface area contributed by atoms with Crippen molar-refractivity contribution in [3.63, 3.8) is 0 Å². The highest BCUT2D eigenvalue weighted by atomic mass is 79.9. The Kier molecular flexibility index (Phi) is 5.09. The predicted octanol–water partition coefficient (Wildman–Crippen LogP) is 2.50. The summed E-state index contributed by atoms with van der Waals surface area (Å²) in [5.41, 5.74) is 0.230. The average molecular weight is 301 g/mol. The second kappa shape index (κ2) is 6.34. The molecule has 0 aliphatic rings. The Morgan fingerprint density at radius 3 is 2.88 bits per heavy atom. The zero-order chi connectivity index (χ0) is 12.8. The summed E-state index contributed by atoms with van der Waals surface area (Å²) in [5.74, 6) is -0.290. The minimum Gasteiger partial charge on any atom is -0.352 e. The van der Waals surface area contributed by atoms with Crippen LogP contribution in [0.4, 0.5) is 5.69 Å². The molecule has 0 bridgehead atoms. The van der Waals surface area contributed by atoms with Crippen molar-refractivity contribution in [2.45, 2.75) is 18.2 Å². The SMILES string of the molecule is CC(Br)CCNC(=O)c1cccc([N+](=O)[O-])c1. The lowest BCUT2D eigenvalue weighted by molar-refractivity contribution is -0.384. The number of nitrogens with zero attached hydrogens (tertiary/aromatic N) is 1. The number of hydrogen-bond donors (Lipinski definition) is 1. The highest BCUT2D eigenvalue weighted by molar-refractivity contribution is 9.09. The number of alkyl halides is 1. The minimum atomic E-state index is -0.517. The topological polar surface area (TPSA) is 72.2 Å². The number of nitro benzene ring substituents is 1. The predicted molar refractivity (Wildman–Crippen MR) is 68.4 cm³/mol. The van der Waals surface area contributed by atoms with Crippen molar-refractivity contribution >= 4 is 27.5 Å². The fourth-order valence-corrected chi connectivity index (χ4v) is 1.48. The van der Waals surface area contributed by atoms with E-state index >= 15 is 0 Å². The fraction of sp³-hybridized carbons (Fsp3) is 0.364. The molecular formula is C11H13BrN2O3. The van der Waals surface area contributed by atoms with Gasteiger partial charge in [0.15, 0.2) is 0 Å². The van der Waals surface area contributed by atoms with E-state index in [0.29, 0.717) is 16.9 Å². The number of amides is 1. The summed E-state index contributed by atoms with van der Waals surface area (Å²) in [6, 6.07) is 5.68. The molecule has 1 aromatic rings. The second-order valence-electron chi connectivity index (χ2n) is 3.63. The van der Waals surface area contributed by atoms with Crippen LogP contribution in [0.5, 0.6) is 0 Å². The summed E-state index contributed by atoms with van der Waals surface area (Å²) >= 11 is 3.37. The number of nitro groups is 1. The normalized spacial score (nSPS) is 11.9. The van der Waals surface area contributed by atoms with Gasteiger partial charge in [-0.3, -0.25) is 14.9 Å². The van der Waals surface area contributed by atoms with Gasteiger partial charge in [-0.2, -0.15) is 0 Å². The van der Waals surface area contributed by atoms with E-state index in [-0.39, 0.29) is 11.6 Å². The molecule has 1 unspecified atom stereocenters. The molecular weight excluding hydrogens is 288 g/mol. The van der Waals surface area contributed by atoms with Gasteiger partial charge in [-0.15, -0.1) is 0 Å². The van der Waals surface area contributed by atoms with Crippen molar-refractivity contribution in [3.8, 4) is 0 Å². The average Bonchev–Trinajstić information content (AvgIpc) is 2.28. The van der Waals surface area contributed by atoms with E-state index in [1.165, 1.54) is 18.2 Å². The van der Waals surface area contributed by atoms with Crippen molar-refractivity contribution in [1.82, 2.24) is 5.32 Å². The molecule has 1 amide bonds. The maximum atomic E-state index is 11.7. The van der Waals surface area contributed by atoms with Gasteiger partial charge in [-0.25, -0.2) is 0 Å². The number of carbonyl (C=O) groups is 1. The van der Waals surface area contributed by atoms with Gasteiger partial charge >= 0.3 is 0 Å². The van der Waals surface area contributed by atoms with Crippen LogP contribution in [0.2, 0.25) is 0 Å². The highest BCUT2D eigenvalue weighted by Gasteiger charge is 2.10. The molecule has 0 aliphatic carbocycles. The molecule has 0 heterocycles. The number of nitrogens with one attached hydrogen (secondary N) is 1. The van der Waals surface area contributed by atoms with Gasteiger partial charge < -0.3 is 5.32 Å². The van der Waals surface area contributed by atoms with Crippen molar-refractivity contribution in [1.29, 1.82) is 0 Å². The lowest BCUT2D eigenvalue weighted by atomic mass is 10.2. The van der Waals surface area contributed by atoms with Gasteiger partial charge in [0.25, 0.3) is 11.6 Å². The first-order chi connectivity index (χ1) is 8.00. The zero-order valence-electron chi connectivity index (χ0n) is 9.35. The Hall–Kier alpha value is -1.43. The van der Waals surface area contributed by atoms with E-state index in [9.17, 15) is 14.9 Å². The lowest BCUT2D eigenvalue weighted by Gasteiger charge is -2.06. The largest absolute Gasteiger partial charge is 0.352 e. The third-order valence-corrected chi connectivity index (χ3v) is 2.60. The Morgan fingerprint density at radius 1 is 1.59 bits per heavy atom. The molecule has 0 saturated heterocycles. The summed E-state index contributed by atoms with van der Waals surface area (Å²) in [6.07, 6.45) is 0.806. The zero-order valence-corrected chi connectivity index (χ0v) is 10.9. The van der Waals surface area contributed by atoms with E-state index in [0.717, 1.165) is 6.42 Å². The van der Waals surface area contributed by atoms with Crippen LogP contribution >= 0.6 is 15.9 Å². The summed E-state index contributed by atoms with van der Waals surface area (Å²) in [4.78, 5) is 22.0. The first kappa shape index (κ1) is 13.6. The summed E-state index contributed by atoms with van der Waals surface area (Å²) in [7, 11) is 0. The third-order valence-electron chi connectivity index (χ3n) is 2.15. The van der Waals surface area contributed by atoms with E-state index in [2.05, 4.69) is 21.2 Å². The molecule has 1 aromatic carbocycles. The first-order valence-electron chi connectivity index (χ1n) is 5.17. The number of benzene rings is 1. The van der Waals surface area contributed by atoms with Crippen LogP contribution in [0, 0.1) is 10.1 Å². The Morgan fingerprint density at radius 2 is 2.29 bits per heavy atom. The first-order valence-corrected chi connectivity index (χ1v) is 6.09. The molecule has 17 heavy (non-hydrogen) atoms. The molecule has 6 heteroatoms. The summed E-state index contributed by atoms with van der Waals surface area (Å²) < 4.78 is 0. The molecule has 1 N–H and O–H groups in total. The molecule has 0 saturated carbocycles. The van der Waals surface area contributed by atoms with Crippen LogP contribution < -0.4 is 5.32 Å². The standard InChI is InChI=1S/C11H13BrN2O3/c1-8(12)5-6-13-11(15)9-3-2-4-10(7-9)14(16)17/h2-4,7-8H,5-6H2,1H3,(H,13,15). The van der Waals surface area contributed by atoms with Crippen molar-refractivity contribution in [2.24, 2.45) is 0 Å². The van der Waals surface area contributed by atoms with E-state index < -0.39 is 4.92 Å². The Bertz CT molecular complexity index is 421. The number of carbonyl (C=O) groups excluding carboxylic acids is 1. The van der Waals surface area contributed by atoms with Crippen LogP contribution in [0.3, 0.4) is 0 Å². The molecule has 0 radical (unpaired) electrons. The van der Waals surface area contributed by atoms with Crippen molar-refractivity contribution < 1.29 is 9.72 Å². The van der Waals surface area contributed by atoms with Crippen LogP contribution in [0.15, 0.2) is 24.3 Å². The van der Waals surface area contributed by atoms with E-state index in [4.69, 9.17) is 0 Å². The van der Waals surface area contributed by atoms with Crippen LogP contribution in [-0.2, 0) is 0 Å². The van der Waals surface area contributed by atoms with Gasteiger partial charge in [0.05, 0.1) is 4.92 Å². The van der Waals surface area contributed by atoms with Crippen LogP contribution in [-0.4, -0.2) is 22.2 Å². The molecule has 0 fully saturated rings. The quantitative estimate of drug-likeness (QED) is 0.516. The molecule has 0 spiro atoms. The van der Waals surface area contributed by atoms with E-state index in [1.54, 1.807) is 6.07 Å². The number of rotatable bonds is 5. The molecule has 0 aliphatic heterocycles. The summed E-state index contributed by atoms with van der Waals surface area (Å²) in [5, 5.41) is 13.3. The molecule has 92 valence electrons. The van der Waals surface area contributed by atoms with Gasteiger partial charge in [0.1, 0.15) is 0 Å².